The highest BCUT2D eigenvalue weighted by atomic mass is 35.5. The van der Waals surface area contributed by atoms with Gasteiger partial charge in [0.2, 0.25) is 5.91 Å². The molecule has 3 aliphatic rings. The van der Waals surface area contributed by atoms with E-state index in [4.69, 9.17) is 39.8 Å². The summed E-state index contributed by atoms with van der Waals surface area (Å²) in [7, 11) is 2.10. The first-order valence-electron chi connectivity index (χ1n) is 13.4. The molecule has 1 unspecified atom stereocenters. The molecule has 0 saturated carbocycles. The minimum atomic E-state index is -0.414. The van der Waals surface area contributed by atoms with E-state index in [-0.39, 0.29) is 21.9 Å². The van der Waals surface area contributed by atoms with Gasteiger partial charge in [0.15, 0.2) is 11.3 Å². The van der Waals surface area contributed by atoms with E-state index in [1.54, 1.807) is 12.1 Å². The van der Waals surface area contributed by atoms with Crippen molar-refractivity contribution in [3.63, 3.8) is 0 Å². The smallest absolute Gasteiger partial charge is 0.325 e. The first-order chi connectivity index (χ1) is 19.5. The normalized spacial score (nSPS) is 19.8. The number of carbonyl (C=O) groups excluding carboxylic acids is 2. The number of hydrogen-bond donors (Lipinski definition) is 1. The number of nitrogens with zero attached hydrogens (tertiary/aromatic N) is 6. The van der Waals surface area contributed by atoms with Crippen molar-refractivity contribution in [2.45, 2.75) is 33.2 Å². The van der Waals surface area contributed by atoms with Crippen LogP contribution >= 0.6 is 34.8 Å². The molecule has 0 aromatic heterocycles. The Hall–Kier alpha value is -2.95. The average Bonchev–Trinajstić information content (AvgIpc) is 3.27. The number of halogens is 3. The fourth-order valence-electron chi connectivity index (χ4n) is 4.99. The summed E-state index contributed by atoms with van der Waals surface area (Å²) in [5.74, 6) is 0.141. The van der Waals surface area contributed by atoms with Gasteiger partial charge in [0.05, 0.1) is 23.0 Å². The Labute approximate surface area is 254 Å². The molecule has 1 atom stereocenters. The third kappa shape index (κ3) is 6.44. The number of hydrogen-bond acceptors (Lipinski definition) is 6. The van der Waals surface area contributed by atoms with E-state index in [1.807, 2.05) is 38.1 Å². The highest BCUT2D eigenvalue weighted by molar-refractivity contribution is 6.41. The first-order valence-corrected chi connectivity index (χ1v) is 14.6. The number of anilines is 1. The summed E-state index contributed by atoms with van der Waals surface area (Å²) < 4.78 is 1.50. The SMILES string of the molecule is CC(C)C1=C2C(=O)N=C(Cc3ccc(NC(=O)CN4CCN(C)C(C)C4)cc3)N=C2[N+](c2c(Cl)cc(Cl)cc2Cl)=N1. The number of nitrogens with one attached hydrogen (secondary N) is 1. The largest absolute Gasteiger partial charge is 0.366 e. The number of fused-ring (bicyclic) bond motifs is 1. The van der Waals surface area contributed by atoms with Crippen LogP contribution in [0.1, 0.15) is 26.3 Å². The van der Waals surface area contributed by atoms with E-state index in [9.17, 15) is 9.59 Å². The number of azo groups is 2. The van der Waals surface area contributed by atoms with Gasteiger partial charge in [-0.1, -0.05) is 70.6 Å². The number of aliphatic imine (C=N–C) groups is 2. The molecule has 0 aliphatic carbocycles. The maximum atomic E-state index is 13.2. The number of carbonyl (C=O) groups is 2. The van der Waals surface area contributed by atoms with E-state index < -0.39 is 5.91 Å². The van der Waals surface area contributed by atoms with Crippen molar-refractivity contribution in [1.29, 1.82) is 0 Å². The monoisotopic (exact) mass is 614 g/mol. The van der Waals surface area contributed by atoms with E-state index in [1.165, 1.54) is 4.70 Å². The number of amides is 2. The molecular weight excluding hydrogens is 585 g/mol. The zero-order chi connectivity index (χ0) is 29.4. The Bertz CT molecular complexity index is 1510. The second kappa shape index (κ2) is 12.1. The lowest BCUT2D eigenvalue weighted by atomic mass is 10.0. The summed E-state index contributed by atoms with van der Waals surface area (Å²) in [4.78, 5) is 39.3. The Balaban J connectivity index is 1.31. The van der Waals surface area contributed by atoms with Crippen LogP contribution in [0.5, 0.6) is 0 Å². The summed E-state index contributed by atoms with van der Waals surface area (Å²) in [5.41, 5.74) is 2.87. The van der Waals surface area contributed by atoms with Crippen LogP contribution in [-0.2, 0) is 16.0 Å². The molecule has 214 valence electrons. The summed E-state index contributed by atoms with van der Waals surface area (Å²) >= 11 is 19.1. The number of piperazine rings is 1. The fourth-order valence-corrected chi connectivity index (χ4v) is 5.97. The van der Waals surface area contributed by atoms with Gasteiger partial charge >= 0.3 is 5.84 Å². The molecule has 3 aliphatic heterocycles. The molecule has 1 saturated heterocycles. The van der Waals surface area contributed by atoms with Gasteiger partial charge in [-0.15, -0.1) is 0 Å². The zero-order valence-electron chi connectivity index (χ0n) is 23.3. The predicted octanol–water partition coefficient (Wildman–Crippen LogP) is 5.82. The standard InChI is InChI=1S/C29H30Cl3N7O2/c1-16(2)26-25-28(39(36-26)27-21(31)12-19(30)13-22(27)32)34-23(35-29(25)41)11-18-5-7-20(8-6-18)33-24(40)15-38-10-9-37(4)17(3)14-38/h5-8,12-13,16-17H,9-11,14-15H2,1-4H3/p+1. The lowest BCUT2D eigenvalue weighted by molar-refractivity contribution is -0.381. The Morgan fingerprint density at radius 1 is 1.10 bits per heavy atom. The zero-order valence-corrected chi connectivity index (χ0v) is 25.6. The van der Waals surface area contributed by atoms with Crippen molar-refractivity contribution in [2.75, 3.05) is 38.5 Å². The molecule has 0 spiro atoms. The number of rotatable bonds is 7. The first kappa shape index (κ1) is 29.5. The van der Waals surface area contributed by atoms with Crippen LogP contribution in [0.3, 0.4) is 0 Å². The second-order valence-electron chi connectivity index (χ2n) is 10.8. The lowest BCUT2D eigenvalue weighted by Gasteiger charge is -2.37. The molecule has 1 N–H and O–H groups in total. The molecule has 3 heterocycles. The van der Waals surface area contributed by atoms with Crippen LogP contribution in [0.15, 0.2) is 62.8 Å². The maximum Gasteiger partial charge on any atom is 0.366 e. The summed E-state index contributed by atoms with van der Waals surface area (Å²) in [6, 6.07) is 11.0. The van der Waals surface area contributed by atoms with Gasteiger partial charge in [-0.2, -0.15) is 4.99 Å². The second-order valence-corrected chi connectivity index (χ2v) is 12.1. The van der Waals surface area contributed by atoms with E-state index in [2.05, 4.69) is 39.2 Å². The van der Waals surface area contributed by atoms with Crippen LogP contribution in [0, 0.1) is 5.92 Å². The van der Waals surface area contributed by atoms with Crippen molar-refractivity contribution in [2.24, 2.45) is 21.0 Å². The van der Waals surface area contributed by atoms with Crippen molar-refractivity contribution < 1.29 is 14.3 Å². The van der Waals surface area contributed by atoms with Gasteiger partial charge in [0.1, 0.15) is 5.70 Å². The number of amidine groups is 2. The molecule has 41 heavy (non-hydrogen) atoms. The molecule has 2 aromatic carbocycles. The Morgan fingerprint density at radius 2 is 1.78 bits per heavy atom. The van der Waals surface area contributed by atoms with E-state index in [0.29, 0.717) is 58.3 Å². The van der Waals surface area contributed by atoms with Crippen LogP contribution < -0.4 is 5.32 Å². The van der Waals surface area contributed by atoms with Gasteiger partial charge in [-0.05, 0) is 48.8 Å². The molecule has 2 aromatic rings. The highest BCUT2D eigenvalue weighted by Gasteiger charge is 2.44. The van der Waals surface area contributed by atoms with Gasteiger partial charge in [0.25, 0.3) is 11.7 Å². The molecule has 9 nitrogen and oxygen atoms in total. The molecule has 1 fully saturated rings. The molecule has 12 heteroatoms. The number of benzene rings is 2. The van der Waals surface area contributed by atoms with Gasteiger partial charge in [0, 0.05) is 42.3 Å². The molecule has 0 bridgehead atoms. The summed E-state index contributed by atoms with van der Waals surface area (Å²) in [6.07, 6.45) is 0.308. The maximum absolute atomic E-state index is 13.2. The van der Waals surface area contributed by atoms with Crippen molar-refractivity contribution in [3.05, 3.63) is 68.3 Å². The molecule has 2 amide bonds. The van der Waals surface area contributed by atoms with Crippen molar-refractivity contribution in [1.82, 2.24) is 9.80 Å². The average molecular weight is 616 g/mol. The quantitative estimate of drug-likeness (QED) is 0.397. The number of likely N-dealkylation sites (N-methyl/N-ethyl adjacent to an activating group) is 1. The molecular formula is C29H31Cl3N7O2+. The third-order valence-corrected chi connectivity index (χ3v) is 8.11. The third-order valence-electron chi connectivity index (χ3n) is 7.32. The highest BCUT2D eigenvalue weighted by Crippen LogP contribution is 2.40. The fraction of sp³-hybridized carbons (Fsp3) is 0.379. The Kier molecular flexibility index (Phi) is 8.73. The van der Waals surface area contributed by atoms with Crippen LogP contribution in [0.2, 0.25) is 15.1 Å². The van der Waals surface area contributed by atoms with Crippen molar-refractivity contribution >= 4 is 69.7 Å². The van der Waals surface area contributed by atoms with Gasteiger partial charge < -0.3 is 10.2 Å². The van der Waals surface area contributed by atoms with Crippen molar-refractivity contribution in [3.8, 4) is 0 Å². The minimum Gasteiger partial charge on any atom is -0.325 e. The van der Waals surface area contributed by atoms with E-state index in [0.717, 1.165) is 25.2 Å². The van der Waals surface area contributed by atoms with Crippen LogP contribution in [0.25, 0.3) is 0 Å². The van der Waals surface area contributed by atoms with Crippen LogP contribution in [-0.4, -0.2) is 77.3 Å². The summed E-state index contributed by atoms with van der Waals surface area (Å²) in [5, 5.41) is 8.60. The lowest BCUT2D eigenvalue weighted by Crippen LogP contribution is -2.51. The van der Waals surface area contributed by atoms with E-state index >= 15 is 0 Å². The van der Waals surface area contributed by atoms with Crippen LogP contribution in [0.4, 0.5) is 11.4 Å². The summed E-state index contributed by atoms with van der Waals surface area (Å²) in [6.45, 7) is 9.08. The topological polar surface area (TPSA) is 92.7 Å². The van der Waals surface area contributed by atoms with Gasteiger partial charge in [-0.3, -0.25) is 14.5 Å². The van der Waals surface area contributed by atoms with Gasteiger partial charge in [-0.25, -0.2) is 0 Å². The molecule has 0 radical (unpaired) electrons. The predicted molar refractivity (Wildman–Crippen MR) is 163 cm³/mol. The minimum absolute atomic E-state index is 0.0481. The molecule has 5 rings (SSSR count). The Morgan fingerprint density at radius 3 is 2.41 bits per heavy atom. The number of allylic oxidation sites excluding steroid dienone is 1.